The lowest BCUT2D eigenvalue weighted by atomic mass is 10.1. The Hall–Kier alpha value is -1.77. The molecule has 2 aromatic carbocycles. The fourth-order valence-corrected chi connectivity index (χ4v) is 7.26. The van der Waals surface area contributed by atoms with Gasteiger partial charge in [-0.3, -0.25) is 4.18 Å². The molecule has 0 saturated carbocycles. The van der Waals surface area contributed by atoms with Gasteiger partial charge in [-0.2, -0.15) is 8.42 Å². The molecule has 0 aromatic heterocycles. The van der Waals surface area contributed by atoms with E-state index in [9.17, 15) is 16.8 Å². The summed E-state index contributed by atoms with van der Waals surface area (Å²) >= 11 is 0. The van der Waals surface area contributed by atoms with Crippen LogP contribution >= 0.6 is 10.7 Å². The number of fused-ring (bicyclic) bond motifs is 2. The predicted molar refractivity (Wildman–Crippen MR) is 175 cm³/mol. The first-order valence-electron chi connectivity index (χ1n) is 15.5. The number of aliphatic hydroxyl groups is 1. The van der Waals surface area contributed by atoms with Crippen molar-refractivity contribution in [2.45, 2.75) is 112 Å². The van der Waals surface area contributed by atoms with Gasteiger partial charge in [-0.05, 0) is 65.8 Å². The molecule has 8 atom stereocenters. The number of hydrogen-bond donors (Lipinski definition) is 1. The third-order valence-electron chi connectivity index (χ3n) is 7.86. The van der Waals surface area contributed by atoms with Crippen LogP contribution in [0.25, 0.3) is 0 Å². The number of ether oxygens (including phenoxy) is 8. The molecule has 17 heteroatoms. The molecule has 2 aromatic rings. The van der Waals surface area contributed by atoms with E-state index in [0.29, 0.717) is 0 Å². The maximum atomic E-state index is 12.3. The average Bonchev–Trinajstić information content (AvgIpc) is 3.72. The molecule has 0 spiro atoms. The summed E-state index contributed by atoms with van der Waals surface area (Å²) in [6.07, 6.45) is -3.36. The summed E-state index contributed by atoms with van der Waals surface area (Å²) in [4.78, 5) is 0.250. The van der Waals surface area contributed by atoms with Gasteiger partial charge in [-0.1, -0.05) is 35.4 Å². The number of benzene rings is 2. The van der Waals surface area contributed by atoms with E-state index in [1.54, 1.807) is 45.2 Å². The second-order valence-corrected chi connectivity index (χ2v) is 16.9. The maximum Gasteiger partial charge on any atom is 0.297 e. The topological polar surface area (TPSA) is 172 Å². The quantitative estimate of drug-likeness (QED) is 0.307. The zero-order valence-corrected chi connectivity index (χ0v) is 31.0. The Morgan fingerprint density at radius 2 is 1.06 bits per heavy atom. The number of rotatable bonds is 8. The average molecular weight is 753 g/mol. The summed E-state index contributed by atoms with van der Waals surface area (Å²) < 4.78 is 95.4. The summed E-state index contributed by atoms with van der Waals surface area (Å²) in [5, 5.41) is 9.08. The van der Waals surface area contributed by atoms with Crippen LogP contribution in [0.2, 0.25) is 0 Å². The van der Waals surface area contributed by atoms with E-state index in [-0.39, 0.29) is 41.3 Å². The van der Waals surface area contributed by atoms with Gasteiger partial charge >= 0.3 is 0 Å². The number of methoxy groups -OCH3 is 2. The maximum absolute atomic E-state index is 12.3. The van der Waals surface area contributed by atoms with Crippen LogP contribution in [0.3, 0.4) is 0 Å². The molecule has 0 bridgehead atoms. The molecule has 0 radical (unpaired) electrons. The van der Waals surface area contributed by atoms with Crippen LogP contribution in [0.5, 0.6) is 0 Å². The van der Waals surface area contributed by atoms with E-state index < -0.39 is 61.6 Å². The van der Waals surface area contributed by atoms with Gasteiger partial charge in [-0.15, -0.1) is 0 Å². The van der Waals surface area contributed by atoms with Crippen LogP contribution < -0.4 is 0 Å². The van der Waals surface area contributed by atoms with Gasteiger partial charge < -0.3 is 43.0 Å². The van der Waals surface area contributed by atoms with Crippen LogP contribution in [0.1, 0.15) is 38.8 Å². The summed E-state index contributed by atoms with van der Waals surface area (Å²) in [7, 11) is 0.727. The van der Waals surface area contributed by atoms with Gasteiger partial charge in [0.25, 0.3) is 19.2 Å². The van der Waals surface area contributed by atoms with Crippen LogP contribution in [-0.4, -0.2) is 110 Å². The third-order valence-corrected chi connectivity index (χ3v) is 10.5. The zero-order valence-electron chi connectivity index (χ0n) is 28.6. The second-order valence-electron chi connectivity index (χ2n) is 12.7. The van der Waals surface area contributed by atoms with Crippen LogP contribution in [0, 0.1) is 13.8 Å². The lowest BCUT2D eigenvalue weighted by Crippen LogP contribution is -2.33. The Bertz CT molecular complexity index is 1580. The van der Waals surface area contributed by atoms with E-state index in [0.717, 1.165) is 11.1 Å². The lowest BCUT2D eigenvalue weighted by Gasteiger charge is -2.23. The van der Waals surface area contributed by atoms with Gasteiger partial charge in [-0.25, -0.2) is 8.42 Å². The fourth-order valence-electron chi connectivity index (χ4n) is 5.58. The van der Waals surface area contributed by atoms with Crippen molar-refractivity contribution < 1.29 is 64.0 Å². The Morgan fingerprint density at radius 1 is 0.673 bits per heavy atom. The molecule has 4 aliphatic heterocycles. The third kappa shape index (κ3) is 10.2. The molecule has 4 fully saturated rings. The molecular formula is C32H45ClO14S2. The van der Waals surface area contributed by atoms with Crippen molar-refractivity contribution in [2.24, 2.45) is 0 Å². The number of aryl methyl sites for hydroxylation is 2. The zero-order chi connectivity index (χ0) is 36.4. The minimum Gasteiger partial charge on any atom is -0.394 e. The molecule has 4 heterocycles. The Labute approximate surface area is 292 Å². The van der Waals surface area contributed by atoms with Crippen LogP contribution in [0.4, 0.5) is 0 Å². The highest BCUT2D eigenvalue weighted by molar-refractivity contribution is 8.13. The van der Waals surface area contributed by atoms with E-state index in [4.69, 9.17) is 57.9 Å². The normalized spacial score (nSPS) is 31.2. The van der Waals surface area contributed by atoms with Crippen molar-refractivity contribution in [3.8, 4) is 0 Å². The molecule has 4 aliphatic rings. The van der Waals surface area contributed by atoms with Gasteiger partial charge in [0.2, 0.25) is 0 Å². The highest BCUT2D eigenvalue weighted by Crippen LogP contribution is 2.40. The van der Waals surface area contributed by atoms with Crippen molar-refractivity contribution in [3.05, 3.63) is 59.7 Å². The number of aliphatic hydroxyl groups excluding tert-OH is 1. The largest absolute Gasteiger partial charge is 0.394 e. The van der Waals surface area contributed by atoms with E-state index in [1.807, 2.05) is 27.7 Å². The van der Waals surface area contributed by atoms with Gasteiger partial charge in [0, 0.05) is 24.9 Å². The molecule has 0 aliphatic carbocycles. The first-order valence-corrected chi connectivity index (χ1v) is 19.2. The molecule has 1 N–H and O–H groups in total. The number of halogens is 1. The van der Waals surface area contributed by atoms with E-state index in [2.05, 4.69) is 0 Å². The lowest BCUT2D eigenvalue weighted by molar-refractivity contribution is -0.230. The van der Waals surface area contributed by atoms with Crippen LogP contribution in [-0.2, 0) is 61.2 Å². The molecule has 14 nitrogen and oxygen atoms in total. The molecule has 276 valence electrons. The first-order chi connectivity index (χ1) is 22.8. The summed E-state index contributed by atoms with van der Waals surface area (Å²) in [5.74, 6) is -1.40. The highest BCUT2D eigenvalue weighted by atomic mass is 35.7. The Balaban J connectivity index is 0.000000183. The van der Waals surface area contributed by atoms with Gasteiger partial charge in [0.15, 0.2) is 24.2 Å². The molecular weight excluding hydrogens is 708 g/mol. The molecule has 6 rings (SSSR count). The fraction of sp³-hybridized carbons (Fsp3) is 0.625. The summed E-state index contributed by atoms with van der Waals surface area (Å²) in [6, 6.07) is 12.8. The molecule has 4 saturated heterocycles. The van der Waals surface area contributed by atoms with E-state index >= 15 is 0 Å². The smallest absolute Gasteiger partial charge is 0.297 e. The van der Waals surface area contributed by atoms with Crippen molar-refractivity contribution in [1.29, 1.82) is 0 Å². The van der Waals surface area contributed by atoms with Gasteiger partial charge in [0.05, 0.1) is 23.0 Å². The van der Waals surface area contributed by atoms with Crippen molar-refractivity contribution in [2.75, 3.05) is 27.4 Å². The molecule has 8 unspecified atom stereocenters. The van der Waals surface area contributed by atoms with Crippen LogP contribution in [0.15, 0.2) is 58.3 Å². The predicted octanol–water partition coefficient (Wildman–Crippen LogP) is 3.38. The standard InChI is InChI=1S/C16H22O7S.C9H16O5.C7H7ClO2S/c1-10-5-7-11(8-6-10)24(17,18)20-9-12-13-14(15(19-4)21-12)23-16(2,3)22-13;1-9(2)13-6-5(4-10)12-8(11-3)7(6)14-9;1-6-2-4-7(5-3-6)11(8,9)10/h5-8,12-15H,9H2,1-4H3;5-8,10H,4H2,1-3H3;2-5H,1H3. The molecule has 0 amide bonds. The summed E-state index contributed by atoms with van der Waals surface area (Å²) in [5.41, 5.74) is 1.98. The Kier molecular flexibility index (Phi) is 12.9. The Morgan fingerprint density at radius 3 is 1.47 bits per heavy atom. The first kappa shape index (κ1) is 40.0. The minimum absolute atomic E-state index is 0.0829. The highest BCUT2D eigenvalue weighted by Gasteiger charge is 2.56. The SMILES string of the molecule is COC1OC(CO)C2OC(C)(C)OC12.COC1OC(COS(=O)(=O)c2ccc(C)cc2)C2OC(C)(C)OC12.Cc1ccc(S(=O)(=O)Cl)cc1. The molecule has 49 heavy (non-hydrogen) atoms. The monoisotopic (exact) mass is 752 g/mol. The van der Waals surface area contributed by atoms with Gasteiger partial charge in [0.1, 0.15) is 36.6 Å². The second kappa shape index (κ2) is 15.9. The minimum atomic E-state index is -3.86. The van der Waals surface area contributed by atoms with Crippen molar-refractivity contribution >= 4 is 29.9 Å². The van der Waals surface area contributed by atoms with Crippen molar-refractivity contribution in [1.82, 2.24) is 0 Å². The summed E-state index contributed by atoms with van der Waals surface area (Å²) in [6.45, 7) is 10.8. The number of hydrogen-bond acceptors (Lipinski definition) is 14. The van der Waals surface area contributed by atoms with E-state index in [1.165, 1.54) is 31.4 Å². The van der Waals surface area contributed by atoms with Crippen molar-refractivity contribution in [3.63, 3.8) is 0 Å².